The topological polar surface area (TPSA) is 77.2 Å². The van der Waals surface area contributed by atoms with Crippen LogP contribution in [-0.4, -0.2) is 29.8 Å². The molecule has 1 saturated carbocycles. The highest BCUT2D eigenvalue weighted by molar-refractivity contribution is 5.78. The lowest BCUT2D eigenvalue weighted by molar-refractivity contribution is -0.159. The fourth-order valence-corrected chi connectivity index (χ4v) is 2.44. The van der Waals surface area contributed by atoms with Crippen LogP contribution in [0, 0.1) is 0 Å². The first kappa shape index (κ1) is 16.4. The Balaban J connectivity index is 1.76. The van der Waals surface area contributed by atoms with Gasteiger partial charge in [-0.15, -0.1) is 0 Å². The standard InChI is InChI=1S/C15H14F3N3O3/c1-23-8-11(22)20-14(6-7-14)10-4-2-9(3-5-10)12-19-13(24-21-12)15(16,17)18/h2-5H,6-8H2,1H3,(H,20,22). The molecule has 3 rings (SSSR count). The lowest BCUT2D eigenvalue weighted by Gasteiger charge is -2.18. The van der Waals surface area contributed by atoms with Crippen LogP contribution in [0.4, 0.5) is 13.2 Å². The predicted octanol–water partition coefficient (Wildman–Crippen LogP) is 2.51. The van der Waals surface area contributed by atoms with Crippen molar-refractivity contribution in [2.24, 2.45) is 0 Å². The molecule has 1 amide bonds. The van der Waals surface area contributed by atoms with Gasteiger partial charge in [0.05, 0.1) is 5.54 Å². The molecule has 0 radical (unpaired) electrons. The molecule has 0 saturated heterocycles. The normalized spacial score (nSPS) is 16.0. The highest BCUT2D eigenvalue weighted by Crippen LogP contribution is 2.45. The van der Waals surface area contributed by atoms with Crippen molar-refractivity contribution in [1.82, 2.24) is 15.5 Å². The molecular weight excluding hydrogens is 327 g/mol. The molecule has 1 fully saturated rings. The molecule has 0 atom stereocenters. The fraction of sp³-hybridized carbons (Fsp3) is 0.400. The average molecular weight is 341 g/mol. The van der Waals surface area contributed by atoms with Gasteiger partial charge in [0, 0.05) is 12.7 Å². The van der Waals surface area contributed by atoms with E-state index in [1.54, 1.807) is 24.3 Å². The summed E-state index contributed by atoms with van der Waals surface area (Å²) in [6, 6.07) is 6.67. The van der Waals surface area contributed by atoms with Crippen LogP contribution in [0.15, 0.2) is 28.8 Å². The molecule has 1 N–H and O–H groups in total. The van der Waals surface area contributed by atoms with Crippen molar-refractivity contribution in [3.63, 3.8) is 0 Å². The van der Waals surface area contributed by atoms with Gasteiger partial charge in [0.1, 0.15) is 6.61 Å². The van der Waals surface area contributed by atoms with Gasteiger partial charge in [-0.2, -0.15) is 18.2 Å². The number of nitrogens with zero attached hydrogens (tertiary/aromatic N) is 2. The number of benzene rings is 1. The van der Waals surface area contributed by atoms with Crippen molar-refractivity contribution in [3.8, 4) is 11.4 Å². The minimum Gasteiger partial charge on any atom is -0.375 e. The smallest absolute Gasteiger partial charge is 0.375 e. The van der Waals surface area contributed by atoms with Gasteiger partial charge >= 0.3 is 12.1 Å². The SMILES string of the molecule is COCC(=O)NC1(c2ccc(-c3noc(C(F)(F)F)n3)cc2)CC1. The van der Waals surface area contributed by atoms with Crippen molar-refractivity contribution in [2.45, 2.75) is 24.6 Å². The molecule has 9 heteroatoms. The molecule has 24 heavy (non-hydrogen) atoms. The van der Waals surface area contributed by atoms with Crippen molar-refractivity contribution in [2.75, 3.05) is 13.7 Å². The number of hydrogen-bond donors (Lipinski definition) is 1. The third-order valence-electron chi connectivity index (χ3n) is 3.77. The number of halogens is 3. The molecule has 1 aromatic heterocycles. The van der Waals surface area contributed by atoms with E-state index in [4.69, 9.17) is 4.74 Å². The van der Waals surface area contributed by atoms with Crippen LogP contribution in [0.3, 0.4) is 0 Å². The van der Waals surface area contributed by atoms with Gasteiger partial charge in [-0.25, -0.2) is 0 Å². The Kier molecular flexibility index (Phi) is 4.04. The molecule has 0 unspecified atom stereocenters. The summed E-state index contributed by atoms with van der Waals surface area (Å²) in [6.07, 6.45) is -3.08. The number of nitrogens with one attached hydrogen (secondary N) is 1. The molecule has 128 valence electrons. The van der Waals surface area contributed by atoms with Crippen LogP contribution in [0.1, 0.15) is 24.3 Å². The maximum absolute atomic E-state index is 12.5. The Morgan fingerprint density at radius 1 is 1.33 bits per heavy atom. The number of hydrogen-bond acceptors (Lipinski definition) is 5. The van der Waals surface area contributed by atoms with Crippen molar-refractivity contribution in [3.05, 3.63) is 35.7 Å². The summed E-state index contributed by atoms with van der Waals surface area (Å²) in [4.78, 5) is 15.0. The Morgan fingerprint density at radius 3 is 2.50 bits per heavy atom. The van der Waals surface area contributed by atoms with E-state index in [9.17, 15) is 18.0 Å². The van der Waals surface area contributed by atoms with Gasteiger partial charge in [0.2, 0.25) is 11.7 Å². The van der Waals surface area contributed by atoms with Crippen molar-refractivity contribution >= 4 is 5.91 Å². The minimum absolute atomic E-state index is 0.0249. The van der Waals surface area contributed by atoms with E-state index in [0.717, 1.165) is 18.4 Å². The number of carbonyl (C=O) groups is 1. The first-order chi connectivity index (χ1) is 11.3. The number of aromatic nitrogens is 2. The first-order valence-corrected chi connectivity index (χ1v) is 7.16. The molecule has 0 aliphatic heterocycles. The largest absolute Gasteiger partial charge is 0.471 e. The second-order valence-corrected chi connectivity index (χ2v) is 5.56. The van der Waals surface area contributed by atoms with Crippen molar-refractivity contribution < 1.29 is 27.2 Å². The van der Waals surface area contributed by atoms with Crippen LogP contribution >= 0.6 is 0 Å². The second kappa shape index (κ2) is 5.90. The summed E-state index contributed by atoms with van der Waals surface area (Å²) in [5, 5.41) is 6.25. The van der Waals surface area contributed by atoms with Gasteiger partial charge in [-0.1, -0.05) is 29.4 Å². The maximum Gasteiger partial charge on any atom is 0.471 e. The van der Waals surface area contributed by atoms with Gasteiger partial charge in [0.15, 0.2) is 0 Å². The van der Waals surface area contributed by atoms with E-state index in [0.29, 0.717) is 5.56 Å². The summed E-state index contributed by atoms with van der Waals surface area (Å²) >= 11 is 0. The Labute approximate surface area is 135 Å². The van der Waals surface area contributed by atoms with Gasteiger partial charge in [-0.3, -0.25) is 4.79 Å². The molecule has 1 aromatic carbocycles. The van der Waals surface area contributed by atoms with E-state index in [1.807, 2.05) is 0 Å². The molecule has 6 nitrogen and oxygen atoms in total. The summed E-state index contributed by atoms with van der Waals surface area (Å²) in [5.74, 6) is -1.73. The molecule has 1 aliphatic rings. The van der Waals surface area contributed by atoms with Crippen LogP contribution in [-0.2, 0) is 21.2 Å². The van der Waals surface area contributed by atoms with Crippen molar-refractivity contribution in [1.29, 1.82) is 0 Å². The summed E-state index contributed by atoms with van der Waals surface area (Å²) < 4.78 is 46.5. The third kappa shape index (κ3) is 3.25. The monoisotopic (exact) mass is 341 g/mol. The Morgan fingerprint density at radius 2 is 2.00 bits per heavy atom. The average Bonchev–Trinajstić information content (AvgIpc) is 3.11. The lowest BCUT2D eigenvalue weighted by Crippen LogP contribution is -2.37. The second-order valence-electron chi connectivity index (χ2n) is 5.56. The lowest BCUT2D eigenvalue weighted by atomic mass is 10.0. The van der Waals surface area contributed by atoms with E-state index >= 15 is 0 Å². The van der Waals surface area contributed by atoms with Gasteiger partial charge in [-0.05, 0) is 18.4 Å². The zero-order valence-corrected chi connectivity index (χ0v) is 12.7. The Bertz CT molecular complexity index is 736. The first-order valence-electron chi connectivity index (χ1n) is 7.16. The number of carbonyl (C=O) groups excluding carboxylic acids is 1. The number of amides is 1. The van der Waals surface area contributed by atoms with Crippen LogP contribution in [0.5, 0.6) is 0 Å². The quantitative estimate of drug-likeness (QED) is 0.904. The van der Waals surface area contributed by atoms with E-state index in [2.05, 4.69) is 20.0 Å². The number of rotatable bonds is 5. The zero-order chi connectivity index (χ0) is 17.4. The fourth-order valence-electron chi connectivity index (χ4n) is 2.44. The molecule has 1 heterocycles. The van der Waals surface area contributed by atoms with E-state index < -0.39 is 17.6 Å². The Hall–Kier alpha value is -2.42. The number of ether oxygens (including phenoxy) is 1. The highest BCUT2D eigenvalue weighted by Gasteiger charge is 2.45. The van der Waals surface area contributed by atoms with Crippen LogP contribution in [0.25, 0.3) is 11.4 Å². The maximum atomic E-state index is 12.5. The summed E-state index contributed by atoms with van der Waals surface area (Å²) in [5.41, 5.74) is 0.843. The zero-order valence-electron chi connectivity index (χ0n) is 12.7. The number of alkyl halides is 3. The van der Waals surface area contributed by atoms with E-state index in [1.165, 1.54) is 7.11 Å². The molecule has 2 aromatic rings. The molecular formula is C15H14F3N3O3. The van der Waals surface area contributed by atoms with Crippen LogP contribution < -0.4 is 5.32 Å². The highest BCUT2D eigenvalue weighted by atomic mass is 19.4. The molecule has 0 spiro atoms. The summed E-state index contributed by atoms with van der Waals surface area (Å²) in [6.45, 7) is -0.0249. The van der Waals surface area contributed by atoms with E-state index in [-0.39, 0.29) is 18.3 Å². The predicted molar refractivity (Wildman–Crippen MR) is 75.7 cm³/mol. The third-order valence-corrected chi connectivity index (χ3v) is 3.77. The van der Waals surface area contributed by atoms with Gasteiger partial charge in [0.25, 0.3) is 0 Å². The van der Waals surface area contributed by atoms with Gasteiger partial charge < -0.3 is 14.6 Å². The van der Waals surface area contributed by atoms with Crippen LogP contribution in [0.2, 0.25) is 0 Å². The number of methoxy groups -OCH3 is 1. The molecule has 1 aliphatic carbocycles. The minimum atomic E-state index is -4.67. The molecule has 0 bridgehead atoms. The summed E-state index contributed by atoms with van der Waals surface area (Å²) in [7, 11) is 1.44.